The lowest BCUT2D eigenvalue weighted by Gasteiger charge is -2.38. The van der Waals surface area contributed by atoms with Crippen LogP contribution in [0.15, 0.2) is 23.8 Å². The smallest absolute Gasteiger partial charge is 0.333 e. The Morgan fingerprint density at radius 3 is 2.30 bits per heavy atom. The maximum atomic E-state index is 13.4. The third-order valence-electron chi connectivity index (χ3n) is 10.9. The Hall–Kier alpha value is -1.37. The monoisotopic (exact) mass is 668 g/mol. The van der Waals surface area contributed by atoms with E-state index in [2.05, 4.69) is 13.0 Å². The molecule has 3 rings (SSSR count). The summed E-state index contributed by atoms with van der Waals surface area (Å²) in [7, 11) is 3.35. The van der Waals surface area contributed by atoms with Crippen LogP contribution in [0, 0.1) is 23.7 Å². The molecule has 10 heteroatoms. The van der Waals surface area contributed by atoms with E-state index in [0.717, 1.165) is 19.3 Å². The number of rotatable bonds is 8. The van der Waals surface area contributed by atoms with Crippen LogP contribution in [0.25, 0.3) is 0 Å². The molecule has 0 aromatic heterocycles. The van der Waals surface area contributed by atoms with Crippen molar-refractivity contribution in [3.8, 4) is 0 Å². The van der Waals surface area contributed by atoms with Crippen LogP contribution >= 0.6 is 0 Å². The minimum absolute atomic E-state index is 0.0491. The Bertz CT molecular complexity index is 1000. The largest absolute Gasteiger partial charge is 0.458 e. The summed E-state index contributed by atoms with van der Waals surface area (Å²) in [6.45, 7) is 11.2. The molecule has 2 bridgehead atoms. The SMILES string of the molecule is COC1CC(C)OC(CCC(C)C(O)C(C)C2OC(=O)C(C)=CCC(O)CC3C=CCC(CC(OC)C(C)C(O)CC(O)C2C)O3)C1. The molecular formula is C37H64O10. The fraction of sp³-hybridized carbons (Fsp3) is 0.865. The number of ether oxygens (including phenoxy) is 5. The normalized spacial score (nSPS) is 40.3. The number of carbonyl (C=O) groups excluding carboxylic acids is 1. The summed E-state index contributed by atoms with van der Waals surface area (Å²) in [5.74, 6) is -2.10. The lowest BCUT2D eigenvalue weighted by atomic mass is 9.78. The van der Waals surface area contributed by atoms with Gasteiger partial charge in [-0.05, 0) is 64.7 Å². The maximum absolute atomic E-state index is 13.4. The van der Waals surface area contributed by atoms with E-state index in [4.69, 9.17) is 23.7 Å². The van der Waals surface area contributed by atoms with Crippen LogP contribution in [-0.4, -0.2) is 108 Å². The summed E-state index contributed by atoms with van der Waals surface area (Å²) in [6, 6.07) is 0. The number of methoxy groups -OCH3 is 2. The van der Waals surface area contributed by atoms with Gasteiger partial charge in [0.05, 0.1) is 61.0 Å². The quantitative estimate of drug-likeness (QED) is 0.216. The van der Waals surface area contributed by atoms with Crippen LogP contribution < -0.4 is 0 Å². The summed E-state index contributed by atoms with van der Waals surface area (Å²) in [4.78, 5) is 13.4. The van der Waals surface area contributed by atoms with Gasteiger partial charge in [0.2, 0.25) is 0 Å². The maximum Gasteiger partial charge on any atom is 0.333 e. The van der Waals surface area contributed by atoms with Gasteiger partial charge in [-0.3, -0.25) is 0 Å². The third kappa shape index (κ3) is 11.9. The highest BCUT2D eigenvalue weighted by atomic mass is 16.5. The Labute approximate surface area is 282 Å². The average Bonchev–Trinajstić information content (AvgIpc) is 3.05. The lowest BCUT2D eigenvalue weighted by Crippen LogP contribution is -2.46. The van der Waals surface area contributed by atoms with Crippen molar-refractivity contribution in [2.24, 2.45) is 23.7 Å². The molecule has 3 aliphatic rings. The van der Waals surface area contributed by atoms with Crippen LogP contribution in [0.2, 0.25) is 0 Å². The summed E-state index contributed by atoms with van der Waals surface area (Å²) in [6.07, 6.45) is 6.16. The standard InChI is InChI=1S/C37H64O10/c1-21(13-15-30-18-31(43-7)16-23(3)45-30)35(41)26(6)36-25(5)33(40)20-32(39)24(4)34(44-8)19-29-11-9-10-28(46-29)17-27(38)14-12-22(2)37(42)47-36/h9-10,12,21,23-36,38-41H,11,13-20H2,1-8H3. The molecule has 0 saturated carbocycles. The van der Waals surface area contributed by atoms with Crippen molar-refractivity contribution in [1.29, 1.82) is 0 Å². The van der Waals surface area contributed by atoms with Gasteiger partial charge in [-0.2, -0.15) is 0 Å². The van der Waals surface area contributed by atoms with Gasteiger partial charge >= 0.3 is 5.97 Å². The van der Waals surface area contributed by atoms with E-state index in [1.807, 2.05) is 26.8 Å². The number of hydrogen-bond acceptors (Lipinski definition) is 10. The topological polar surface area (TPSA) is 144 Å². The number of carbonyl (C=O) groups is 1. The first-order chi connectivity index (χ1) is 22.2. The van der Waals surface area contributed by atoms with Crippen molar-refractivity contribution in [3.05, 3.63) is 23.8 Å². The first-order valence-electron chi connectivity index (χ1n) is 17.9. The zero-order chi connectivity index (χ0) is 34.8. The van der Waals surface area contributed by atoms with Gasteiger partial charge in [0.25, 0.3) is 0 Å². The Morgan fingerprint density at radius 2 is 1.62 bits per heavy atom. The molecule has 0 aliphatic carbocycles. The second kappa shape index (κ2) is 19.1. The van der Waals surface area contributed by atoms with Gasteiger partial charge in [-0.25, -0.2) is 4.79 Å². The van der Waals surface area contributed by atoms with E-state index < -0.39 is 48.3 Å². The number of fused-ring (bicyclic) bond motifs is 2. The summed E-state index contributed by atoms with van der Waals surface area (Å²) >= 11 is 0. The van der Waals surface area contributed by atoms with E-state index in [9.17, 15) is 25.2 Å². The molecule has 4 N–H and O–H groups in total. The molecule has 15 unspecified atom stereocenters. The molecule has 1 fully saturated rings. The van der Waals surface area contributed by atoms with E-state index in [0.29, 0.717) is 31.3 Å². The van der Waals surface area contributed by atoms with Crippen LogP contribution in [0.3, 0.4) is 0 Å². The Morgan fingerprint density at radius 1 is 0.915 bits per heavy atom. The molecule has 3 heterocycles. The molecule has 0 radical (unpaired) electrons. The van der Waals surface area contributed by atoms with Gasteiger partial charge < -0.3 is 44.1 Å². The minimum Gasteiger partial charge on any atom is -0.458 e. The number of aliphatic hydroxyl groups is 4. The van der Waals surface area contributed by atoms with Crippen LogP contribution in [0.5, 0.6) is 0 Å². The lowest BCUT2D eigenvalue weighted by molar-refractivity contribution is -0.158. The first kappa shape index (κ1) is 40.1. The summed E-state index contributed by atoms with van der Waals surface area (Å²) in [5.41, 5.74) is 0.345. The van der Waals surface area contributed by atoms with E-state index in [-0.39, 0.29) is 61.3 Å². The molecule has 0 aromatic rings. The van der Waals surface area contributed by atoms with Gasteiger partial charge in [0.15, 0.2) is 0 Å². The van der Waals surface area contributed by atoms with Crippen molar-refractivity contribution >= 4 is 5.97 Å². The minimum atomic E-state index is -1.01. The third-order valence-corrected chi connectivity index (χ3v) is 10.9. The average molecular weight is 669 g/mol. The highest BCUT2D eigenvalue weighted by Crippen LogP contribution is 2.33. The van der Waals surface area contributed by atoms with Crippen molar-refractivity contribution in [2.45, 2.75) is 166 Å². The molecule has 15 atom stereocenters. The zero-order valence-electron chi connectivity index (χ0n) is 30.0. The predicted octanol–water partition coefficient (Wildman–Crippen LogP) is 4.50. The first-order valence-corrected chi connectivity index (χ1v) is 17.9. The Balaban J connectivity index is 1.79. The van der Waals surface area contributed by atoms with Gasteiger partial charge in [0.1, 0.15) is 6.10 Å². The molecule has 0 spiro atoms. The van der Waals surface area contributed by atoms with E-state index in [1.165, 1.54) is 0 Å². The molecule has 10 nitrogen and oxygen atoms in total. The second-order valence-corrected chi connectivity index (χ2v) is 14.7. The number of esters is 1. The fourth-order valence-electron chi connectivity index (χ4n) is 7.52. The molecule has 47 heavy (non-hydrogen) atoms. The summed E-state index contributed by atoms with van der Waals surface area (Å²) < 4.78 is 29.9. The van der Waals surface area contributed by atoms with Crippen molar-refractivity contribution in [3.63, 3.8) is 0 Å². The van der Waals surface area contributed by atoms with Gasteiger partial charge in [-0.1, -0.05) is 45.9 Å². The van der Waals surface area contributed by atoms with Crippen molar-refractivity contribution < 1.29 is 48.9 Å². The van der Waals surface area contributed by atoms with Crippen LogP contribution in [0.4, 0.5) is 0 Å². The highest BCUT2D eigenvalue weighted by molar-refractivity contribution is 5.87. The van der Waals surface area contributed by atoms with Crippen molar-refractivity contribution in [1.82, 2.24) is 0 Å². The van der Waals surface area contributed by atoms with E-state index in [1.54, 1.807) is 34.1 Å². The second-order valence-electron chi connectivity index (χ2n) is 14.7. The Kier molecular flexibility index (Phi) is 16.3. The number of cyclic esters (lactones) is 1. The van der Waals surface area contributed by atoms with Crippen molar-refractivity contribution in [2.75, 3.05) is 14.2 Å². The van der Waals surface area contributed by atoms with E-state index >= 15 is 0 Å². The fourth-order valence-corrected chi connectivity index (χ4v) is 7.52. The number of aliphatic hydroxyl groups excluding tert-OH is 4. The molecular weight excluding hydrogens is 604 g/mol. The molecule has 3 aliphatic heterocycles. The molecule has 1 saturated heterocycles. The predicted molar refractivity (Wildman–Crippen MR) is 180 cm³/mol. The van der Waals surface area contributed by atoms with Crippen LogP contribution in [-0.2, 0) is 28.5 Å². The highest BCUT2D eigenvalue weighted by Gasteiger charge is 2.40. The molecule has 272 valence electrons. The molecule has 0 amide bonds. The van der Waals surface area contributed by atoms with Gasteiger partial charge in [-0.15, -0.1) is 0 Å². The molecule has 0 aromatic carbocycles. The van der Waals surface area contributed by atoms with Gasteiger partial charge in [0, 0.05) is 50.4 Å². The summed E-state index contributed by atoms with van der Waals surface area (Å²) in [5, 5.41) is 45.1. The number of hydrogen-bond donors (Lipinski definition) is 4. The zero-order valence-corrected chi connectivity index (χ0v) is 30.0. The van der Waals surface area contributed by atoms with Crippen LogP contribution in [0.1, 0.15) is 99.3 Å².